The van der Waals surface area contributed by atoms with Crippen molar-refractivity contribution < 1.29 is 24.5 Å². The molecule has 2 N–H and O–H groups in total. The van der Waals surface area contributed by atoms with Crippen molar-refractivity contribution in [3.63, 3.8) is 0 Å². The predicted molar refractivity (Wildman–Crippen MR) is 48.2 cm³/mol. The van der Waals surface area contributed by atoms with Gasteiger partial charge in [0.15, 0.2) is 0 Å². The zero-order chi connectivity index (χ0) is 11.2. The molecule has 5 nitrogen and oxygen atoms in total. The number of carbonyl (C=O) groups excluding carboxylic acids is 2. The number of aliphatic hydroxyl groups excluding tert-OH is 1. The van der Waals surface area contributed by atoms with Gasteiger partial charge in [-0.25, -0.2) is 9.59 Å². The second kappa shape index (κ2) is 5.51. The van der Waals surface area contributed by atoms with Gasteiger partial charge in [-0.2, -0.15) is 0 Å². The molecule has 14 heavy (non-hydrogen) atoms. The molecule has 0 saturated heterocycles. The molecule has 0 aromatic heterocycles. The monoisotopic (exact) mass is 202 g/mol. The average Bonchev–Trinajstić information content (AvgIpc) is 2.33. The minimum Gasteiger partial charge on any atom is -0.396 e. The van der Waals surface area contributed by atoms with E-state index in [0.29, 0.717) is 6.42 Å². The summed E-state index contributed by atoms with van der Waals surface area (Å²) in [6, 6.07) is 0. The number of ether oxygens (including phenoxy) is 1. The van der Waals surface area contributed by atoms with E-state index in [4.69, 9.17) is 10.2 Å². The number of rotatable bonds is 2. The Balaban J connectivity index is 0.000000241. The summed E-state index contributed by atoms with van der Waals surface area (Å²) in [5.41, 5.74) is -0.700. The molecule has 0 amide bonds. The SMILES string of the molecule is CC(C)(O)CCO.O=C1C=CC(=O)O1. The van der Waals surface area contributed by atoms with Gasteiger partial charge in [0, 0.05) is 18.8 Å². The van der Waals surface area contributed by atoms with Crippen LogP contribution in [0.1, 0.15) is 20.3 Å². The molecular formula is C9H14O5. The van der Waals surface area contributed by atoms with Gasteiger partial charge in [0.1, 0.15) is 0 Å². The molecule has 80 valence electrons. The van der Waals surface area contributed by atoms with Gasteiger partial charge in [0.2, 0.25) is 0 Å². The van der Waals surface area contributed by atoms with Gasteiger partial charge in [0.05, 0.1) is 5.60 Å². The van der Waals surface area contributed by atoms with Gasteiger partial charge in [-0.3, -0.25) is 0 Å². The highest BCUT2D eigenvalue weighted by atomic mass is 16.6. The third-order valence-corrected chi connectivity index (χ3v) is 1.28. The van der Waals surface area contributed by atoms with Crippen LogP contribution in [0, 0.1) is 0 Å². The van der Waals surface area contributed by atoms with Crippen LogP contribution in [0.2, 0.25) is 0 Å². The fourth-order valence-corrected chi connectivity index (χ4v) is 0.577. The highest BCUT2D eigenvalue weighted by Gasteiger charge is 2.10. The second-order valence-corrected chi connectivity index (χ2v) is 3.36. The summed E-state index contributed by atoms with van der Waals surface area (Å²) in [5, 5.41) is 17.1. The first-order chi connectivity index (χ1) is 6.35. The van der Waals surface area contributed by atoms with Crippen molar-refractivity contribution >= 4 is 11.9 Å². The largest absolute Gasteiger partial charge is 0.396 e. The number of hydrogen-bond donors (Lipinski definition) is 2. The van der Waals surface area contributed by atoms with E-state index in [-0.39, 0.29) is 6.61 Å². The lowest BCUT2D eigenvalue weighted by Crippen LogP contribution is -2.19. The number of carbonyl (C=O) groups is 2. The molecule has 1 aliphatic heterocycles. The van der Waals surface area contributed by atoms with Gasteiger partial charge in [-0.05, 0) is 20.3 Å². The summed E-state index contributed by atoms with van der Waals surface area (Å²) in [4.78, 5) is 19.8. The van der Waals surface area contributed by atoms with E-state index in [9.17, 15) is 9.59 Å². The number of esters is 2. The summed E-state index contributed by atoms with van der Waals surface area (Å²) in [6.45, 7) is 3.40. The minimum absolute atomic E-state index is 0.0590. The Morgan fingerprint density at radius 1 is 1.29 bits per heavy atom. The van der Waals surface area contributed by atoms with Crippen molar-refractivity contribution in [2.45, 2.75) is 25.9 Å². The molecule has 1 heterocycles. The molecular weight excluding hydrogens is 188 g/mol. The summed E-state index contributed by atoms with van der Waals surface area (Å²) in [5.74, 6) is -1.16. The summed E-state index contributed by atoms with van der Waals surface area (Å²) < 4.78 is 3.97. The Morgan fingerprint density at radius 3 is 1.79 bits per heavy atom. The number of aliphatic hydroxyl groups is 2. The van der Waals surface area contributed by atoms with Crippen molar-refractivity contribution in [2.24, 2.45) is 0 Å². The zero-order valence-electron chi connectivity index (χ0n) is 8.19. The van der Waals surface area contributed by atoms with E-state index < -0.39 is 17.5 Å². The van der Waals surface area contributed by atoms with Gasteiger partial charge in [-0.1, -0.05) is 0 Å². The van der Waals surface area contributed by atoms with E-state index in [1.807, 2.05) is 0 Å². The number of hydrogen-bond acceptors (Lipinski definition) is 5. The van der Waals surface area contributed by atoms with Crippen LogP contribution in [-0.2, 0) is 14.3 Å². The van der Waals surface area contributed by atoms with Gasteiger partial charge < -0.3 is 14.9 Å². The Morgan fingerprint density at radius 2 is 1.71 bits per heavy atom. The maximum absolute atomic E-state index is 9.92. The molecule has 0 aromatic carbocycles. The van der Waals surface area contributed by atoms with Gasteiger partial charge in [0.25, 0.3) is 0 Å². The normalized spacial score (nSPS) is 14.9. The van der Waals surface area contributed by atoms with Crippen molar-refractivity contribution in [1.82, 2.24) is 0 Å². The molecule has 0 atom stereocenters. The molecule has 0 saturated carbocycles. The van der Waals surface area contributed by atoms with Crippen molar-refractivity contribution in [3.05, 3.63) is 12.2 Å². The average molecular weight is 202 g/mol. The minimum atomic E-state index is -0.700. The van der Waals surface area contributed by atoms with Gasteiger partial charge >= 0.3 is 11.9 Å². The maximum Gasteiger partial charge on any atom is 0.338 e. The highest BCUT2D eigenvalue weighted by Crippen LogP contribution is 2.04. The fourth-order valence-electron chi connectivity index (χ4n) is 0.577. The maximum atomic E-state index is 9.92. The second-order valence-electron chi connectivity index (χ2n) is 3.36. The summed E-state index contributed by atoms with van der Waals surface area (Å²) in [6.07, 6.45) is 2.62. The zero-order valence-corrected chi connectivity index (χ0v) is 8.19. The number of cyclic esters (lactones) is 2. The Hall–Kier alpha value is -1.20. The fraction of sp³-hybridized carbons (Fsp3) is 0.556. The molecule has 5 heteroatoms. The Labute approximate surface area is 82.0 Å². The topological polar surface area (TPSA) is 83.8 Å². The smallest absolute Gasteiger partial charge is 0.338 e. The van der Waals surface area contributed by atoms with Crippen LogP contribution < -0.4 is 0 Å². The van der Waals surface area contributed by atoms with Crippen molar-refractivity contribution in [1.29, 1.82) is 0 Å². The van der Waals surface area contributed by atoms with E-state index in [1.54, 1.807) is 13.8 Å². The van der Waals surface area contributed by atoms with Crippen LogP contribution in [-0.4, -0.2) is 34.4 Å². The van der Waals surface area contributed by atoms with Crippen LogP contribution in [0.25, 0.3) is 0 Å². The third-order valence-electron chi connectivity index (χ3n) is 1.28. The van der Waals surface area contributed by atoms with E-state index in [0.717, 1.165) is 12.2 Å². The molecule has 1 rings (SSSR count). The molecule has 0 fully saturated rings. The van der Waals surface area contributed by atoms with Crippen LogP contribution in [0.4, 0.5) is 0 Å². The van der Waals surface area contributed by atoms with E-state index >= 15 is 0 Å². The van der Waals surface area contributed by atoms with Crippen LogP contribution in [0.5, 0.6) is 0 Å². The lowest BCUT2D eigenvalue weighted by atomic mass is 10.1. The molecule has 0 unspecified atom stereocenters. The molecule has 0 aromatic rings. The van der Waals surface area contributed by atoms with Crippen LogP contribution in [0.3, 0.4) is 0 Å². The van der Waals surface area contributed by atoms with Crippen molar-refractivity contribution in [3.8, 4) is 0 Å². The molecule has 1 aliphatic rings. The molecule has 0 spiro atoms. The first-order valence-electron chi connectivity index (χ1n) is 4.12. The standard InChI is InChI=1S/C5H12O2.C4H2O3/c1-5(2,7)3-4-6;5-3-1-2-4(6)7-3/h6-7H,3-4H2,1-2H3;1-2H. The lowest BCUT2D eigenvalue weighted by Gasteiger charge is -2.13. The molecule has 0 aliphatic carbocycles. The van der Waals surface area contributed by atoms with Crippen molar-refractivity contribution in [2.75, 3.05) is 6.61 Å². The van der Waals surface area contributed by atoms with Crippen LogP contribution in [0.15, 0.2) is 12.2 Å². The lowest BCUT2D eigenvalue weighted by molar-refractivity contribution is -0.150. The quantitative estimate of drug-likeness (QED) is 0.477. The Bertz CT molecular complexity index is 220. The van der Waals surface area contributed by atoms with E-state index in [1.165, 1.54) is 0 Å². The predicted octanol–water partition coefficient (Wildman–Crippen LogP) is -0.234. The third kappa shape index (κ3) is 7.45. The highest BCUT2D eigenvalue weighted by molar-refractivity contribution is 6.04. The summed E-state index contributed by atoms with van der Waals surface area (Å²) in [7, 11) is 0. The van der Waals surface area contributed by atoms with E-state index in [2.05, 4.69) is 4.74 Å². The Kier molecular flexibility index (Phi) is 5.04. The van der Waals surface area contributed by atoms with Crippen LogP contribution >= 0.6 is 0 Å². The first-order valence-corrected chi connectivity index (χ1v) is 4.12. The summed E-state index contributed by atoms with van der Waals surface area (Å²) >= 11 is 0. The molecule has 0 bridgehead atoms. The molecule has 0 radical (unpaired) electrons. The first kappa shape index (κ1) is 12.8. The van der Waals surface area contributed by atoms with Gasteiger partial charge in [-0.15, -0.1) is 0 Å².